The second-order valence-corrected chi connectivity index (χ2v) is 3.67. The lowest BCUT2D eigenvalue weighted by Crippen LogP contribution is -1.94. The first-order chi connectivity index (χ1) is 7.88. The van der Waals surface area contributed by atoms with Crippen molar-refractivity contribution in [2.45, 2.75) is 0 Å². The molecule has 0 spiro atoms. The van der Waals surface area contributed by atoms with Crippen LogP contribution in [0.25, 0.3) is 10.1 Å². The Kier molecular flexibility index (Phi) is 3.35. The molecule has 5 nitrogen and oxygen atoms in total. The Morgan fingerprint density at radius 1 is 1.00 bits per heavy atom. The highest BCUT2D eigenvalue weighted by Crippen LogP contribution is 2.11. The molecule has 0 bridgehead atoms. The molecule has 0 aliphatic carbocycles. The zero-order valence-electron chi connectivity index (χ0n) is 8.20. The maximum atomic E-state index is 10.9. The summed E-state index contributed by atoms with van der Waals surface area (Å²) in [5.41, 5.74) is 0.0144. The molecule has 0 saturated heterocycles. The van der Waals surface area contributed by atoms with Gasteiger partial charge in [0.2, 0.25) is 0 Å². The number of hydrogen-bond donors (Lipinski definition) is 1. The van der Waals surface area contributed by atoms with Crippen LogP contribution in [0.2, 0.25) is 0 Å². The normalized spacial score (nSPS) is 9.50. The molecule has 80 valence electrons. The van der Waals surface area contributed by atoms with Gasteiger partial charge < -0.3 is 0 Å². The Bertz CT molecular complexity index is 578. The number of fused-ring (bicyclic) bond motifs is 1. The number of nitrogens with one attached hydrogen (secondary N) is 1. The average Bonchev–Trinajstić information content (AvgIpc) is 2.75. The molecule has 3 rings (SSSR count). The van der Waals surface area contributed by atoms with Gasteiger partial charge in [-0.2, -0.15) is 0 Å². The average molecular weight is 232 g/mol. The Hall–Kier alpha value is -2.08. The Labute approximate surface area is 95.0 Å². The molecular weight excluding hydrogens is 224 g/mol. The lowest BCUT2D eigenvalue weighted by atomic mass is 10.3. The van der Waals surface area contributed by atoms with Crippen LogP contribution in [0.15, 0.2) is 48.0 Å². The molecule has 0 saturated carbocycles. The van der Waals surface area contributed by atoms with Gasteiger partial charge in [0.15, 0.2) is 0 Å². The second-order valence-electron chi connectivity index (χ2n) is 2.82. The predicted molar refractivity (Wildman–Crippen MR) is 62.3 cm³/mol. The fourth-order valence-corrected chi connectivity index (χ4v) is 1.83. The molecule has 16 heavy (non-hydrogen) atoms. The largest absolute Gasteiger partial charge is 0.277 e. The van der Waals surface area contributed by atoms with Crippen LogP contribution in [0.3, 0.4) is 0 Å². The summed E-state index contributed by atoms with van der Waals surface area (Å²) in [5.74, 6) is 0. The highest BCUT2D eigenvalue weighted by molar-refractivity contribution is 7.13. The minimum absolute atomic E-state index is 0.0144. The molecular formula is C10H8N4OS. The summed E-state index contributed by atoms with van der Waals surface area (Å²) in [6.07, 6.45) is 4.31. The van der Waals surface area contributed by atoms with Gasteiger partial charge in [-0.3, -0.25) is 9.17 Å². The van der Waals surface area contributed by atoms with Crippen molar-refractivity contribution in [3.63, 3.8) is 0 Å². The van der Waals surface area contributed by atoms with Crippen molar-refractivity contribution >= 4 is 21.6 Å². The second kappa shape index (κ2) is 5.13. The van der Waals surface area contributed by atoms with Crippen molar-refractivity contribution in [1.29, 1.82) is 0 Å². The van der Waals surface area contributed by atoms with Crippen molar-refractivity contribution in [2.75, 3.05) is 0 Å². The number of benzene rings is 1. The SMILES string of the molecule is O=c1[nH]sc2ccccc12.c1ncncn1. The smallest absolute Gasteiger partial charge is 0.265 e. The molecule has 1 aromatic carbocycles. The molecule has 0 radical (unpaired) electrons. The number of hydrogen-bond acceptors (Lipinski definition) is 5. The number of aromatic amines is 1. The van der Waals surface area contributed by atoms with E-state index >= 15 is 0 Å². The lowest BCUT2D eigenvalue weighted by molar-refractivity contribution is 1.05. The Balaban J connectivity index is 0.000000138. The molecule has 0 aliphatic rings. The third-order valence-electron chi connectivity index (χ3n) is 1.79. The summed E-state index contributed by atoms with van der Waals surface area (Å²) in [7, 11) is 0. The van der Waals surface area contributed by atoms with E-state index in [4.69, 9.17) is 0 Å². The van der Waals surface area contributed by atoms with Gasteiger partial charge in [0.25, 0.3) is 5.56 Å². The quantitative estimate of drug-likeness (QED) is 0.637. The third-order valence-corrected chi connectivity index (χ3v) is 2.65. The van der Waals surface area contributed by atoms with E-state index in [1.165, 1.54) is 30.5 Å². The highest BCUT2D eigenvalue weighted by Gasteiger charge is 1.96. The van der Waals surface area contributed by atoms with Crippen LogP contribution in [0, 0.1) is 0 Å². The first-order valence-electron chi connectivity index (χ1n) is 4.49. The molecule has 0 amide bonds. The summed E-state index contributed by atoms with van der Waals surface area (Å²) < 4.78 is 3.68. The van der Waals surface area contributed by atoms with Gasteiger partial charge in [-0.15, -0.1) is 0 Å². The standard InChI is InChI=1S/C7H5NOS.C3H3N3/c9-7-5-3-1-2-4-6(5)10-8-7;1-4-2-6-3-5-1/h1-4H,(H,8,9);1-3H. The van der Waals surface area contributed by atoms with E-state index < -0.39 is 0 Å². The zero-order valence-corrected chi connectivity index (χ0v) is 9.02. The van der Waals surface area contributed by atoms with Gasteiger partial charge in [-0.05, 0) is 12.1 Å². The molecule has 2 heterocycles. The van der Waals surface area contributed by atoms with Gasteiger partial charge in [0, 0.05) is 0 Å². The van der Waals surface area contributed by atoms with Crippen LogP contribution in [0.1, 0.15) is 0 Å². The minimum atomic E-state index is 0.0144. The predicted octanol–water partition coefficient (Wildman–Crippen LogP) is 1.46. The van der Waals surface area contributed by atoms with E-state index in [-0.39, 0.29) is 5.56 Å². The summed E-state index contributed by atoms with van der Waals surface area (Å²) >= 11 is 1.38. The zero-order chi connectivity index (χ0) is 11.2. The Morgan fingerprint density at radius 3 is 2.19 bits per heavy atom. The van der Waals surface area contributed by atoms with E-state index in [1.807, 2.05) is 24.3 Å². The molecule has 0 unspecified atom stereocenters. The summed E-state index contributed by atoms with van der Waals surface area (Å²) in [4.78, 5) is 21.6. The van der Waals surface area contributed by atoms with E-state index in [2.05, 4.69) is 19.3 Å². The first-order valence-corrected chi connectivity index (χ1v) is 5.31. The van der Waals surface area contributed by atoms with Crippen molar-refractivity contribution in [2.24, 2.45) is 0 Å². The molecule has 3 aromatic rings. The van der Waals surface area contributed by atoms with E-state index in [1.54, 1.807) is 0 Å². The fourth-order valence-electron chi connectivity index (χ4n) is 1.10. The van der Waals surface area contributed by atoms with Gasteiger partial charge >= 0.3 is 0 Å². The molecule has 0 atom stereocenters. The number of nitrogens with zero attached hydrogens (tertiary/aromatic N) is 3. The van der Waals surface area contributed by atoms with Gasteiger partial charge in [0.1, 0.15) is 19.0 Å². The summed E-state index contributed by atoms with van der Waals surface area (Å²) in [6.45, 7) is 0. The summed E-state index contributed by atoms with van der Waals surface area (Å²) in [5, 5.41) is 0.785. The van der Waals surface area contributed by atoms with E-state index in [0.29, 0.717) is 0 Å². The van der Waals surface area contributed by atoms with Crippen LogP contribution < -0.4 is 5.56 Å². The monoisotopic (exact) mass is 232 g/mol. The summed E-state index contributed by atoms with van der Waals surface area (Å²) in [6, 6.07) is 7.54. The molecule has 2 aromatic heterocycles. The maximum Gasteiger partial charge on any atom is 0.265 e. The van der Waals surface area contributed by atoms with Gasteiger partial charge in [0.05, 0.1) is 10.1 Å². The van der Waals surface area contributed by atoms with Crippen LogP contribution in [0.5, 0.6) is 0 Å². The number of rotatable bonds is 0. The highest BCUT2D eigenvalue weighted by atomic mass is 32.1. The molecule has 0 fully saturated rings. The molecule has 6 heteroatoms. The van der Waals surface area contributed by atoms with Crippen LogP contribution in [-0.2, 0) is 0 Å². The number of H-pyrrole nitrogens is 1. The maximum absolute atomic E-state index is 10.9. The topological polar surface area (TPSA) is 71.5 Å². The molecule has 1 N–H and O–H groups in total. The van der Waals surface area contributed by atoms with Crippen molar-refractivity contribution in [1.82, 2.24) is 19.3 Å². The van der Waals surface area contributed by atoms with Crippen LogP contribution in [0.4, 0.5) is 0 Å². The minimum Gasteiger partial charge on any atom is -0.277 e. The van der Waals surface area contributed by atoms with E-state index in [0.717, 1.165) is 10.1 Å². The first kappa shape index (κ1) is 10.4. The van der Waals surface area contributed by atoms with Gasteiger partial charge in [-0.1, -0.05) is 23.7 Å². The van der Waals surface area contributed by atoms with Crippen LogP contribution in [-0.4, -0.2) is 19.3 Å². The van der Waals surface area contributed by atoms with Crippen LogP contribution >= 0.6 is 11.5 Å². The van der Waals surface area contributed by atoms with Gasteiger partial charge in [-0.25, -0.2) is 15.0 Å². The van der Waals surface area contributed by atoms with E-state index in [9.17, 15) is 4.79 Å². The van der Waals surface area contributed by atoms with Crippen molar-refractivity contribution in [3.05, 3.63) is 53.6 Å². The van der Waals surface area contributed by atoms with Crippen molar-refractivity contribution in [3.8, 4) is 0 Å². The Morgan fingerprint density at radius 2 is 1.62 bits per heavy atom. The molecule has 0 aliphatic heterocycles. The van der Waals surface area contributed by atoms with Crippen molar-refractivity contribution < 1.29 is 0 Å². The fraction of sp³-hybridized carbons (Fsp3) is 0. The number of aromatic nitrogens is 4. The third kappa shape index (κ3) is 2.48. The lowest BCUT2D eigenvalue weighted by Gasteiger charge is -1.79.